The molecule has 3 rings (SSSR count). The molecule has 0 aliphatic heterocycles. The van der Waals surface area contributed by atoms with Crippen LogP contribution in [0.1, 0.15) is 16.7 Å². The molecule has 0 aliphatic carbocycles. The van der Waals surface area contributed by atoms with Gasteiger partial charge in [-0.1, -0.05) is 54.6 Å². The van der Waals surface area contributed by atoms with E-state index in [4.69, 9.17) is 4.74 Å². The first kappa shape index (κ1) is 15.8. The van der Waals surface area contributed by atoms with E-state index in [1.54, 1.807) is 6.21 Å². The van der Waals surface area contributed by atoms with Crippen LogP contribution in [0.25, 0.3) is 0 Å². The van der Waals surface area contributed by atoms with Crippen LogP contribution in [0.5, 0.6) is 5.75 Å². The number of ether oxygens (including phenoxy) is 1. The van der Waals surface area contributed by atoms with Crippen LogP contribution >= 0.6 is 0 Å². The van der Waals surface area contributed by atoms with E-state index in [0.29, 0.717) is 6.61 Å². The molecule has 0 aromatic heterocycles. The van der Waals surface area contributed by atoms with E-state index >= 15 is 0 Å². The van der Waals surface area contributed by atoms with Crippen LogP contribution in [0.2, 0.25) is 0 Å². The second kappa shape index (κ2) is 7.97. The number of anilines is 1. The fourth-order valence-corrected chi connectivity index (χ4v) is 2.34. The lowest BCUT2D eigenvalue weighted by Gasteiger charge is -2.10. The van der Waals surface area contributed by atoms with E-state index in [2.05, 4.69) is 29.6 Å². The number of para-hydroxylation sites is 2. The molecule has 0 amide bonds. The number of hydrogen-bond acceptors (Lipinski definition) is 3. The zero-order valence-corrected chi connectivity index (χ0v) is 13.6. The molecule has 0 spiro atoms. The maximum atomic E-state index is 5.99. The van der Waals surface area contributed by atoms with Crippen LogP contribution in [0.4, 0.5) is 5.69 Å². The van der Waals surface area contributed by atoms with Gasteiger partial charge in [0, 0.05) is 5.56 Å². The van der Waals surface area contributed by atoms with Gasteiger partial charge < -0.3 is 4.74 Å². The summed E-state index contributed by atoms with van der Waals surface area (Å²) in [5.74, 6) is 0.819. The lowest BCUT2D eigenvalue weighted by Crippen LogP contribution is -2.00. The summed E-state index contributed by atoms with van der Waals surface area (Å²) in [5.41, 5.74) is 7.33. The summed E-state index contributed by atoms with van der Waals surface area (Å²) in [6, 6.07) is 26.0. The smallest absolute Gasteiger partial charge is 0.128 e. The van der Waals surface area contributed by atoms with Crippen molar-refractivity contribution in [2.45, 2.75) is 13.5 Å². The molecule has 1 N–H and O–H groups in total. The molecule has 0 bridgehead atoms. The van der Waals surface area contributed by atoms with Gasteiger partial charge >= 0.3 is 0 Å². The normalized spacial score (nSPS) is 10.7. The average Bonchev–Trinajstić information content (AvgIpc) is 2.63. The third-order valence-electron chi connectivity index (χ3n) is 3.73. The highest BCUT2D eigenvalue weighted by Gasteiger charge is 2.03. The second-order valence-corrected chi connectivity index (χ2v) is 5.49. The lowest BCUT2D eigenvalue weighted by atomic mass is 10.1. The summed E-state index contributed by atoms with van der Waals surface area (Å²) in [6.07, 6.45) is 1.78. The minimum atomic E-state index is 0.545. The van der Waals surface area contributed by atoms with Crippen LogP contribution in [-0.2, 0) is 6.61 Å². The maximum absolute atomic E-state index is 5.99. The van der Waals surface area contributed by atoms with Crippen LogP contribution in [-0.4, -0.2) is 6.21 Å². The third kappa shape index (κ3) is 4.23. The van der Waals surface area contributed by atoms with Crippen LogP contribution < -0.4 is 10.2 Å². The number of benzene rings is 3. The molecule has 0 atom stereocenters. The number of aryl methyl sites for hydroxylation is 1. The Bertz CT molecular complexity index is 813. The number of nitrogens with zero attached hydrogens (tertiary/aromatic N) is 1. The Kier molecular flexibility index (Phi) is 5.25. The number of nitrogens with one attached hydrogen (secondary N) is 1. The molecule has 0 heterocycles. The molecule has 0 radical (unpaired) electrons. The highest BCUT2D eigenvalue weighted by molar-refractivity contribution is 5.84. The number of hydrazone groups is 1. The first-order valence-corrected chi connectivity index (χ1v) is 7.93. The molecule has 24 heavy (non-hydrogen) atoms. The van der Waals surface area contributed by atoms with Crippen molar-refractivity contribution in [1.29, 1.82) is 0 Å². The van der Waals surface area contributed by atoms with Crippen molar-refractivity contribution < 1.29 is 4.74 Å². The highest BCUT2D eigenvalue weighted by Crippen LogP contribution is 2.19. The maximum Gasteiger partial charge on any atom is 0.128 e. The summed E-state index contributed by atoms with van der Waals surface area (Å²) in [5, 5.41) is 4.29. The number of rotatable bonds is 6. The molecule has 0 unspecified atom stereocenters. The van der Waals surface area contributed by atoms with Gasteiger partial charge in [-0.05, 0) is 42.3 Å². The van der Waals surface area contributed by atoms with E-state index in [0.717, 1.165) is 17.0 Å². The SMILES string of the molecule is Cc1ccccc1COc1ccccc1/C=N/Nc1ccccc1. The van der Waals surface area contributed by atoms with Gasteiger partial charge in [0.25, 0.3) is 0 Å². The first-order valence-electron chi connectivity index (χ1n) is 7.93. The Morgan fingerprint density at radius 1 is 0.875 bits per heavy atom. The summed E-state index contributed by atoms with van der Waals surface area (Å²) < 4.78 is 5.99. The summed E-state index contributed by atoms with van der Waals surface area (Å²) >= 11 is 0. The van der Waals surface area contributed by atoms with Crippen molar-refractivity contribution >= 4 is 11.9 Å². The van der Waals surface area contributed by atoms with E-state index in [1.165, 1.54) is 11.1 Å². The lowest BCUT2D eigenvalue weighted by molar-refractivity contribution is 0.305. The van der Waals surface area contributed by atoms with E-state index < -0.39 is 0 Å². The van der Waals surface area contributed by atoms with Crippen LogP contribution in [0.3, 0.4) is 0 Å². The van der Waals surface area contributed by atoms with Crippen molar-refractivity contribution in [3.8, 4) is 5.75 Å². The predicted octanol–water partition coefficient (Wildman–Crippen LogP) is 5.02. The average molecular weight is 316 g/mol. The van der Waals surface area contributed by atoms with Gasteiger partial charge in [-0.3, -0.25) is 5.43 Å². The van der Waals surface area contributed by atoms with Gasteiger partial charge in [0.1, 0.15) is 12.4 Å². The van der Waals surface area contributed by atoms with Crippen molar-refractivity contribution in [1.82, 2.24) is 0 Å². The third-order valence-corrected chi connectivity index (χ3v) is 3.73. The summed E-state index contributed by atoms with van der Waals surface area (Å²) in [4.78, 5) is 0. The Morgan fingerprint density at radius 3 is 2.42 bits per heavy atom. The highest BCUT2D eigenvalue weighted by atomic mass is 16.5. The minimum Gasteiger partial charge on any atom is -0.488 e. The van der Waals surface area contributed by atoms with Gasteiger partial charge in [-0.25, -0.2) is 0 Å². The van der Waals surface area contributed by atoms with Crippen LogP contribution in [0, 0.1) is 6.92 Å². The van der Waals surface area contributed by atoms with Gasteiger partial charge in [-0.15, -0.1) is 0 Å². The molecule has 0 saturated carbocycles. The quantitative estimate of drug-likeness (QED) is 0.512. The monoisotopic (exact) mass is 316 g/mol. The van der Waals surface area contributed by atoms with Crippen molar-refractivity contribution in [2.24, 2.45) is 5.10 Å². The van der Waals surface area contributed by atoms with Gasteiger partial charge in [0.2, 0.25) is 0 Å². The fourth-order valence-electron chi connectivity index (χ4n) is 2.34. The summed E-state index contributed by atoms with van der Waals surface area (Å²) in [7, 11) is 0. The molecule has 0 aliphatic rings. The van der Waals surface area contributed by atoms with E-state index in [9.17, 15) is 0 Å². The van der Waals surface area contributed by atoms with Crippen molar-refractivity contribution in [2.75, 3.05) is 5.43 Å². The first-order chi connectivity index (χ1) is 11.8. The van der Waals surface area contributed by atoms with Gasteiger partial charge in [0.15, 0.2) is 0 Å². The Labute approximate surface area is 142 Å². The topological polar surface area (TPSA) is 33.6 Å². The van der Waals surface area contributed by atoms with E-state index in [1.807, 2.05) is 66.7 Å². The Hall–Kier alpha value is -3.07. The standard InChI is InChI=1S/C21H20N2O/c1-17-9-5-6-11-19(17)16-24-21-14-8-7-10-18(21)15-22-23-20-12-3-2-4-13-20/h2-15,23H,16H2,1H3/b22-15+. The molecule has 0 fully saturated rings. The van der Waals surface area contributed by atoms with E-state index in [-0.39, 0.29) is 0 Å². The minimum absolute atomic E-state index is 0.545. The zero-order chi connectivity index (χ0) is 16.6. The molecular weight excluding hydrogens is 296 g/mol. The van der Waals surface area contributed by atoms with Crippen molar-refractivity contribution in [3.05, 3.63) is 95.6 Å². The van der Waals surface area contributed by atoms with Crippen molar-refractivity contribution in [3.63, 3.8) is 0 Å². The van der Waals surface area contributed by atoms with Gasteiger partial charge in [0.05, 0.1) is 11.9 Å². The molecule has 3 aromatic carbocycles. The zero-order valence-electron chi connectivity index (χ0n) is 13.6. The predicted molar refractivity (Wildman–Crippen MR) is 99.6 cm³/mol. The Morgan fingerprint density at radius 2 is 1.58 bits per heavy atom. The molecule has 0 saturated heterocycles. The second-order valence-electron chi connectivity index (χ2n) is 5.49. The summed E-state index contributed by atoms with van der Waals surface area (Å²) in [6.45, 7) is 2.64. The molecule has 3 nitrogen and oxygen atoms in total. The molecular formula is C21H20N2O. The molecule has 3 heteroatoms. The Balaban J connectivity index is 1.68. The largest absolute Gasteiger partial charge is 0.488 e. The number of hydrogen-bond donors (Lipinski definition) is 1. The van der Waals surface area contributed by atoms with Gasteiger partial charge in [-0.2, -0.15) is 5.10 Å². The fraction of sp³-hybridized carbons (Fsp3) is 0.0952. The molecule has 120 valence electrons. The van der Waals surface area contributed by atoms with Crippen LogP contribution in [0.15, 0.2) is 84.0 Å². The molecule has 3 aromatic rings.